The van der Waals surface area contributed by atoms with Crippen LogP contribution >= 0.6 is 0 Å². The summed E-state index contributed by atoms with van der Waals surface area (Å²) in [4.78, 5) is 14.2. The number of nitrogens with one attached hydrogen (secondary N) is 1. The Bertz CT molecular complexity index is 481. The fourth-order valence-electron chi connectivity index (χ4n) is 2.59. The number of amides is 1. The standard InChI is InChI=1S/C14H20N2O2/c1-9(2)16-12-7-10(8-17)5-6-11(12)15-13(18)14(16,3)4/h5-7,9,17H,8H2,1-4H3,(H,15,18). The molecule has 0 fully saturated rings. The summed E-state index contributed by atoms with van der Waals surface area (Å²) in [6, 6.07) is 5.83. The number of aliphatic hydroxyl groups is 1. The minimum atomic E-state index is -0.588. The summed E-state index contributed by atoms with van der Waals surface area (Å²) in [5, 5.41) is 12.2. The van der Waals surface area contributed by atoms with Crippen molar-refractivity contribution in [3.05, 3.63) is 23.8 Å². The van der Waals surface area contributed by atoms with E-state index in [9.17, 15) is 9.90 Å². The molecule has 1 aliphatic heterocycles. The van der Waals surface area contributed by atoms with Gasteiger partial charge in [0.15, 0.2) is 0 Å². The van der Waals surface area contributed by atoms with E-state index >= 15 is 0 Å². The van der Waals surface area contributed by atoms with Crippen LogP contribution in [0.25, 0.3) is 0 Å². The SMILES string of the molecule is CC(C)N1c2cc(CO)ccc2NC(=O)C1(C)C. The number of rotatable bonds is 2. The largest absolute Gasteiger partial charge is 0.392 e. The second-order valence-electron chi connectivity index (χ2n) is 5.49. The lowest BCUT2D eigenvalue weighted by atomic mass is 9.94. The van der Waals surface area contributed by atoms with E-state index in [2.05, 4.69) is 24.1 Å². The first-order valence-corrected chi connectivity index (χ1v) is 6.22. The molecule has 0 atom stereocenters. The molecule has 1 amide bonds. The van der Waals surface area contributed by atoms with Crippen molar-refractivity contribution in [3.63, 3.8) is 0 Å². The summed E-state index contributed by atoms with van der Waals surface area (Å²) in [6.45, 7) is 7.97. The maximum atomic E-state index is 12.1. The van der Waals surface area contributed by atoms with E-state index < -0.39 is 5.54 Å². The molecule has 0 saturated heterocycles. The van der Waals surface area contributed by atoms with Crippen LogP contribution in [-0.2, 0) is 11.4 Å². The summed E-state index contributed by atoms with van der Waals surface area (Å²) in [6.07, 6.45) is 0. The van der Waals surface area contributed by atoms with E-state index in [1.807, 2.05) is 32.0 Å². The predicted molar refractivity (Wildman–Crippen MR) is 72.7 cm³/mol. The Morgan fingerprint density at radius 2 is 2.06 bits per heavy atom. The predicted octanol–water partition coefficient (Wildman–Crippen LogP) is 2.12. The highest BCUT2D eigenvalue weighted by molar-refractivity contribution is 6.06. The molecule has 1 aromatic carbocycles. The third-order valence-corrected chi connectivity index (χ3v) is 3.43. The van der Waals surface area contributed by atoms with Crippen LogP contribution in [0.2, 0.25) is 0 Å². The van der Waals surface area contributed by atoms with Crippen LogP contribution in [0.4, 0.5) is 11.4 Å². The average molecular weight is 248 g/mol. The molecule has 18 heavy (non-hydrogen) atoms. The lowest BCUT2D eigenvalue weighted by molar-refractivity contribution is -0.120. The third kappa shape index (κ3) is 1.86. The van der Waals surface area contributed by atoms with Crippen molar-refractivity contribution in [3.8, 4) is 0 Å². The zero-order valence-corrected chi connectivity index (χ0v) is 11.3. The van der Waals surface area contributed by atoms with Gasteiger partial charge in [-0.3, -0.25) is 4.79 Å². The van der Waals surface area contributed by atoms with E-state index in [4.69, 9.17) is 0 Å². The fraction of sp³-hybridized carbons (Fsp3) is 0.500. The van der Waals surface area contributed by atoms with Crippen LogP contribution in [0.15, 0.2) is 18.2 Å². The molecule has 0 unspecified atom stereocenters. The number of carbonyl (C=O) groups excluding carboxylic acids is 1. The highest BCUT2D eigenvalue weighted by atomic mass is 16.3. The minimum absolute atomic E-state index is 0.000415. The number of carbonyl (C=O) groups is 1. The Hall–Kier alpha value is -1.55. The van der Waals surface area contributed by atoms with Crippen molar-refractivity contribution < 1.29 is 9.90 Å². The van der Waals surface area contributed by atoms with Gasteiger partial charge in [-0.25, -0.2) is 0 Å². The van der Waals surface area contributed by atoms with Crippen molar-refractivity contribution in [2.24, 2.45) is 0 Å². The summed E-state index contributed by atoms with van der Waals surface area (Å²) in [5.41, 5.74) is 2.05. The third-order valence-electron chi connectivity index (χ3n) is 3.43. The van der Waals surface area contributed by atoms with Crippen molar-refractivity contribution in [1.29, 1.82) is 0 Å². The molecule has 98 valence electrons. The van der Waals surface area contributed by atoms with Gasteiger partial charge in [0.05, 0.1) is 18.0 Å². The van der Waals surface area contributed by atoms with Gasteiger partial charge in [0.25, 0.3) is 0 Å². The molecule has 1 heterocycles. The average Bonchev–Trinajstić information content (AvgIpc) is 2.29. The highest BCUT2D eigenvalue weighted by Gasteiger charge is 2.41. The van der Waals surface area contributed by atoms with Crippen molar-refractivity contribution >= 4 is 17.3 Å². The van der Waals surface area contributed by atoms with Crippen molar-refractivity contribution in [1.82, 2.24) is 0 Å². The number of benzene rings is 1. The molecule has 0 bridgehead atoms. The molecule has 0 saturated carbocycles. The molecule has 2 N–H and O–H groups in total. The first kappa shape index (κ1) is 12.9. The number of anilines is 2. The molecule has 0 radical (unpaired) electrons. The topological polar surface area (TPSA) is 52.6 Å². The molecule has 0 aromatic heterocycles. The molecule has 1 aliphatic rings. The van der Waals surface area contributed by atoms with E-state index in [0.29, 0.717) is 0 Å². The Morgan fingerprint density at radius 1 is 1.39 bits per heavy atom. The van der Waals surface area contributed by atoms with Gasteiger partial charge in [-0.05, 0) is 45.4 Å². The normalized spacial score (nSPS) is 17.7. The molecule has 4 heteroatoms. The molecule has 4 nitrogen and oxygen atoms in total. The van der Waals surface area contributed by atoms with Crippen molar-refractivity contribution in [2.75, 3.05) is 10.2 Å². The molecular formula is C14H20N2O2. The van der Waals surface area contributed by atoms with Crippen molar-refractivity contribution in [2.45, 2.75) is 45.9 Å². The summed E-state index contributed by atoms with van der Waals surface area (Å²) < 4.78 is 0. The van der Waals surface area contributed by atoms with Gasteiger partial charge >= 0.3 is 0 Å². The number of nitrogens with zero attached hydrogens (tertiary/aromatic N) is 1. The molecule has 2 rings (SSSR count). The van der Waals surface area contributed by atoms with E-state index in [0.717, 1.165) is 16.9 Å². The molecule has 1 aromatic rings. The number of aliphatic hydroxyl groups excluding tert-OH is 1. The van der Waals surface area contributed by atoms with E-state index in [1.54, 1.807) is 0 Å². The Balaban J connectivity index is 2.59. The zero-order valence-electron chi connectivity index (χ0n) is 11.3. The Labute approximate surface area is 108 Å². The Kier molecular flexibility index (Phi) is 3.07. The van der Waals surface area contributed by atoms with Gasteiger partial charge in [-0.1, -0.05) is 6.07 Å². The van der Waals surface area contributed by atoms with Crippen LogP contribution < -0.4 is 10.2 Å². The van der Waals surface area contributed by atoms with Gasteiger partial charge < -0.3 is 15.3 Å². The van der Waals surface area contributed by atoms with Gasteiger partial charge in [0.2, 0.25) is 5.91 Å². The smallest absolute Gasteiger partial charge is 0.249 e. The quantitative estimate of drug-likeness (QED) is 0.843. The second kappa shape index (κ2) is 4.28. The molecular weight excluding hydrogens is 228 g/mol. The number of hydrogen-bond donors (Lipinski definition) is 2. The molecule has 0 aliphatic carbocycles. The first-order valence-electron chi connectivity index (χ1n) is 6.22. The maximum absolute atomic E-state index is 12.1. The lowest BCUT2D eigenvalue weighted by Crippen LogP contribution is -2.58. The fourth-order valence-corrected chi connectivity index (χ4v) is 2.59. The van der Waals surface area contributed by atoms with E-state index in [-0.39, 0.29) is 18.6 Å². The van der Waals surface area contributed by atoms with E-state index in [1.165, 1.54) is 0 Å². The zero-order chi connectivity index (χ0) is 13.5. The number of fused-ring (bicyclic) bond motifs is 1. The van der Waals surface area contributed by atoms with Crippen LogP contribution in [0.3, 0.4) is 0 Å². The Morgan fingerprint density at radius 3 is 2.61 bits per heavy atom. The van der Waals surface area contributed by atoms with Gasteiger partial charge in [0, 0.05) is 6.04 Å². The van der Waals surface area contributed by atoms with Crippen LogP contribution in [-0.4, -0.2) is 22.6 Å². The van der Waals surface area contributed by atoms with Gasteiger partial charge in [0.1, 0.15) is 5.54 Å². The van der Waals surface area contributed by atoms with Crippen LogP contribution in [0, 0.1) is 0 Å². The minimum Gasteiger partial charge on any atom is -0.392 e. The maximum Gasteiger partial charge on any atom is 0.249 e. The highest BCUT2D eigenvalue weighted by Crippen LogP contribution is 2.38. The van der Waals surface area contributed by atoms with Gasteiger partial charge in [-0.2, -0.15) is 0 Å². The molecule has 0 spiro atoms. The monoisotopic (exact) mass is 248 g/mol. The van der Waals surface area contributed by atoms with Gasteiger partial charge in [-0.15, -0.1) is 0 Å². The first-order chi connectivity index (χ1) is 8.37. The second-order valence-corrected chi connectivity index (χ2v) is 5.49. The summed E-state index contributed by atoms with van der Waals surface area (Å²) >= 11 is 0. The summed E-state index contributed by atoms with van der Waals surface area (Å²) in [7, 11) is 0. The van der Waals surface area contributed by atoms with Crippen LogP contribution in [0.1, 0.15) is 33.3 Å². The number of hydrogen-bond acceptors (Lipinski definition) is 3. The van der Waals surface area contributed by atoms with Crippen LogP contribution in [0.5, 0.6) is 0 Å². The lowest BCUT2D eigenvalue weighted by Gasteiger charge is -2.46. The summed E-state index contributed by atoms with van der Waals surface area (Å²) in [5.74, 6) is 0.000415.